The highest BCUT2D eigenvalue weighted by Crippen LogP contribution is 2.10. The fraction of sp³-hybridized carbons (Fsp3) is 0.769. The molecule has 1 atom stereocenters. The Balaban J connectivity index is 1.75. The normalized spacial score (nSPS) is 24.6. The van der Waals surface area contributed by atoms with E-state index in [-0.39, 0.29) is 25.0 Å². The molecule has 2 N–H and O–H groups in total. The first kappa shape index (κ1) is 14.9. The molecule has 0 aromatic heterocycles. The van der Waals surface area contributed by atoms with Gasteiger partial charge in [0.15, 0.2) is 0 Å². The summed E-state index contributed by atoms with van der Waals surface area (Å²) in [4.78, 5) is 36.1. The van der Waals surface area contributed by atoms with Gasteiger partial charge in [-0.2, -0.15) is 0 Å². The summed E-state index contributed by atoms with van der Waals surface area (Å²) >= 11 is 0. The number of piperazine rings is 1. The van der Waals surface area contributed by atoms with E-state index >= 15 is 0 Å². The summed E-state index contributed by atoms with van der Waals surface area (Å²) in [5.74, 6) is -1.07. The Bertz CT molecular complexity index is 393. The van der Waals surface area contributed by atoms with Crippen molar-refractivity contribution < 1.29 is 19.1 Å². The third-order valence-corrected chi connectivity index (χ3v) is 3.70. The zero-order valence-corrected chi connectivity index (χ0v) is 11.7. The van der Waals surface area contributed by atoms with Crippen LogP contribution in [0.1, 0.15) is 26.2 Å². The Morgan fingerprint density at radius 3 is 2.75 bits per heavy atom. The number of rotatable bonds is 4. The molecule has 2 rings (SSSR count). The van der Waals surface area contributed by atoms with Gasteiger partial charge in [0.25, 0.3) is 0 Å². The van der Waals surface area contributed by atoms with E-state index in [9.17, 15) is 14.4 Å². The van der Waals surface area contributed by atoms with Gasteiger partial charge in [0.05, 0.1) is 19.1 Å². The van der Waals surface area contributed by atoms with E-state index in [0.717, 1.165) is 25.9 Å². The standard InChI is InChI=1S/C13H21N3O4/c1-9-13(19)15-11(17)8-16(9)12(18)4-7-20-10-2-5-14-6-3-10/h9-10,14H,2-8H2,1H3,(H,15,17,19). The van der Waals surface area contributed by atoms with Gasteiger partial charge in [-0.1, -0.05) is 0 Å². The van der Waals surface area contributed by atoms with Crippen LogP contribution in [0.15, 0.2) is 0 Å². The largest absolute Gasteiger partial charge is 0.378 e. The number of piperidine rings is 1. The van der Waals surface area contributed by atoms with Crippen molar-refractivity contribution in [2.75, 3.05) is 26.2 Å². The van der Waals surface area contributed by atoms with Gasteiger partial charge in [-0.3, -0.25) is 19.7 Å². The van der Waals surface area contributed by atoms with Crippen LogP contribution in [0.5, 0.6) is 0 Å². The van der Waals surface area contributed by atoms with E-state index in [1.807, 2.05) is 0 Å². The number of hydrogen-bond acceptors (Lipinski definition) is 5. The molecule has 7 heteroatoms. The van der Waals surface area contributed by atoms with Crippen molar-refractivity contribution in [1.82, 2.24) is 15.5 Å². The van der Waals surface area contributed by atoms with E-state index < -0.39 is 17.9 Å². The molecule has 0 radical (unpaired) electrons. The number of carbonyl (C=O) groups is 3. The quantitative estimate of drug-likeness (QED) is 0.647. The van der Waals surface area contributed by atoms with Gasteiger partial charge in [0, 0.05) is 0 Å². The summed E-state index contributed by atoms with van der Waals surface area (Å²) in [5, 5.41) is 5.46. The van der Waals surface area contributed by atoms with E-state index in [2.05, 4.69) is 10.6 Å². The number of imide groups is 1. The van der Waals surface area contributed by atoms with E-state index in [1.165, 1.54) is 4.90 Å². The van der Waals surface area contributed by atoms with Crippen molar-refractivity contribution in [3.8, 4) is 0 Å². The third-order valence-electron chi connectivity index (χ3n) is 3.70. The number of nitrogens with zero attached hydrogens (tertiary/aromatic N) is 1. The van der Waals surface area contributed by atoms with Gasteiger partial charge in [0.2, 0.25) is 17.7 Å². The van der Waals surface area contributed by atoms with Crippen LogP contribution in [0.25, 0.3) is 0 Å². The molecule has 2 aliphatic heterocycles. The first-order chi connectivity index (χ1) is 9.58. The van der Waals surface area contributed by atoms with Gasteiger partial charge >= 0.3 is 0 Å². The molecule has 0 aromatic carbocycles. The zero-order valence-electron chi connectivity index (χ0n) is 11.7. The first-order valence-corrected chi connectivity index (χ1v) is 7.03. The molecule has 1 unspecified atom stereocenters. The zero-order chi connectivity index (χ0) is 14.5. The minimum Gasteiger partial charge on any atom is -0.378 e. The molecule has 0 bridgehead atoms. The number of amides is 3. The average Bonchev–Trinajstić information content (AvgIpc) is 2.44. The molecule has 3 amide bonds. The molecule has 2 aliphatic rings. The average molecular weight is 283 g/mol. The summed E-state index contributed by atoms with van der Waals surface area (Å²) in [7, 11) is 0. The topological polar surface area (TPSA) is 87.7 Å². The minimum absolute atomic E-state index is 0.0565. The van der Waals surface area contributed by atoms with Crippen molar-refractivity contribution in [2.24, 2.45) is 0 Å². The Labute approximate surface area is 118 Å². The molecule has 2 heterocycles. The molecule has 7 nitrogen and oxygen atoms in total. The smallest absolute Gasteiger partial charge is 0.249 e. The van der Waals surface area contributed by atoms with Crippen molar-refractivity contribution in [3.05, 3.63) is 0 Å². The lowest BCUT2D eigenvalue weighted by Crippen LogP contribution is -2.58. The molecule has 0 spiro atoms. The van der Waals surface area contributed by atoms with Gasteiger partial charge in [-0.15, -0.1) is 0 Å². The monoisotopic (exact) mass is 283 g/mol. The Morgan fingerprint density at radius 2 is 2.05 bits per heavy atom. The summed E-state index contributed by atoms with van der Waals surface area (Å²) in [6.45, 7) is 3.78. The fourth-order valence-corrected chi connectivity index (χ4v) is 2.44. The molecule has 2 saturated heterocycles. The van der Waals surface area contributed by atoms with Crippen molar-refractivity contribution >= 4 is 17.7 Å². The van der Waals surface area contributed by atoms with Crippen LogP contribution in [-0.2, 0) is 19.1 Å². The van der Waals surface area contributed by atoms with Gasteiger partial charge in [-0.05, 0) is 32.9 Å². The van der Waals surface area contributed by atoms with Crippen molar-refractivity contribution in [2.45, 2.75) is 38.3 Å². The second kappa shape index (κ2) is 6.81. The molecule has 0 aliphatic carbocycles. The predicted molar refractivity (Wildman–Crippen MR) is 70.8 cm³/mol. The lowest BCUT2D eigenvalue weighted by Gasteiger charge is -2.32. The van der Waals surface area contributed by atoms with Crippen LogP contribution in [0.4, 0.5) is 0 Å². The van der Waals surface area contributed by atoms with Gasteiger partial charge in [-0.25, -0.2) is 0 Å². The maximum atomic E-state index is 12.0. The Morgan fingerprint density at radius 1 is 1.35 bits per heavy atom. The summed E-state index contributed by atoms with van der Waals surface area (Å²) in [6, 6.07) is -0.598. The van der Waals surface area contributed by atoms with Crippen LogP contribution in [-0.4, -0.2) is 61.0 Å². The second-order valence-electron chi connectivity index (χ2n) is 5.18. The predicted octanol–water partition coefficient (Wildman–Crippen LogP) is -0.981. The third kappa shape index (κ3) is 3.77. The maximum Gasteiger partial charge on any atom is 0.249 e. The minimum atomic E-state index is -0.598. The van der Waals surface area contributed by atoms with E-state index in [4.69, 9.17) is 4.74 Å². The molecular weight excluding hydrogens is 262 g/mol. The number of hydrogen-bond donors (Lipinski definition) is 2. The van der Waals surface area contributed by atoms with Gasteiger partial charge < -0.3 is 15.0 Å². The van der Waals surface area contributed by atoms with E-state index in [0.29, 0.717) is 6.61 Å². The molecule has 0 saturated carbocycles. The van der Waals surface area contributed by atoms with Crippen LogP contribution in [0, 0.1) is 0 Å². The molecule has 112 valence electrons. The van der Waals surface area contributed by atoms with E-state index in [1.54, 1.807) is 6.92 Å². The number of nitrogens with one attached hydrogen (secondary N) is 2. The van der Waals surface area contributed by atoms with Crippen LogP contribution >= 0.6 is 0 Å². The molecule has 0 aromatic rings. The fourth-order valence-electron chi connectivity index (χ4n) is 2.44. The van der Waals surface area contributed by atoms with Crippen LogP contribution in [0.2, 0.25) is 0 Å². The summed E-state index contributed by atoms with van der Waals surface area (Å²) in [5.41, 5.74) is 0. The van der Waals surface area contributed by atoms with Crippen LogP contribution < -0.4 is 10.6 Å². The summed E-state index contributed by atoms with van der Waals surface area (Å²) < 4.78 is 5.66. The number of ether oxygens (including phenoxy) is 1. The number of carbonyl (C=O) groups excluding carboxylic acids is 3. The SMILES string of the molecule is CC1C(=O)NC(=O)CN1C(=O)CCOC1CCNCC1. The van der Waals surface area contributed by atoms with Crippen LogP contribution in [0.3, 0.4) is 0 Å². The Hall–Kier alpha value is -1.47. The Kier molecular flexibility index (Phi) is 5.08. The lowest BCUT2D eigenvalue weighted by atomic mass is 10.1. The molecule has 2 fully saturated rings. The highest BCUT2D eigenvalue weighted by Gasteiger charge is 2.33. The first-order valence-electron chi connectivity index (χ1n) is 7.03. The lowest BCUT2D eigenvalue weighted by molar-refractivity contribution is -0.150. The highest BCUT2D eigenvalue weighted by molar-refractivity contribution is 6.04. The highest BCUT2D eigenvalue weighted by atomic mass is 16.5. The van der Waals surface area contributed by atoms with Crippen molar-refractivity contribution in [1.29, 1.82) is 0 Å². The molecular formula is C13H21N3O4. The van der Waals surface area contributed by atoms with Gasteiger partial charge in [0.1, 0.15) is 12.6 Å². The maximum absolute atomic E-state index is 12.0. The summed E-state index contributed by atoms with van der Waals surface area (Å²) in [6.07, 6.45) is 2.31. The second-order valence-corrected chi connectivity index (χ2v) is 5.18. The van der Waals surface area contributed by atoms with Crippen molar-refractivity contribution in [3.63, 3.8) is 0 Å². The molecule has 20 heavy (non-hydrogen) atoms.